The minimum absolute atomic E-state index is 0. The summed E-state index contributed by atoms with van der Waals surface area (Å²) in [7, 11) is 0. The summed E-state index contributed by atoms with van der Waals surface area (Å²) in [5.74, 6) is -0.147. The van der Waals surface area contributed by atoms with E-state index < -0.39 is 5.54 Å². The average molecular weight is 277 g/mol. The Morgan fingerprint density at radius 1 is 1.65 bits per heavy atom. The molecular weight excluding hydrogens is 260 g/mol. The molecule has 0 aromatic carbocycles. The second-order valence-electron chi connectivity index (χ2n) is 4.54. The molecule has 1 aliphatic rings. The van der Waals surface area contributed by atoms with Gasteiger partial charge in [-0.1, -0.05) is 24.2 Å². The molecule has 7 heteroatoms. The van der Waals surface area contributed by atoms with Gasteiger partial charge in [0.05, 0.1) is 5.92 Å². The Labute approximate surface area is 111 Å². The van der Waals surface area contributed by atoms with Gasteiger partial charge in [0.15, 0.2) is 0 Å². The molecule has 0 spiro atoms. The molecule has 0 radical (unpaired) electrons. The number of halogens is 1. The number of hydrogen-bond donors (Lipinski definition) is 2. The molecule has 1 aliphatic carbocycles. The summed E-state index contributed by atoms with van der Waals surface area (Å²) < 4.78 is 0. The summed E-state index contributed by atoms with van der Waals surface area (Å²) in [6, 6.07) is 0. The predicted octanol–water partition coefficient (Wildman–Crippen LogP) is 1.81. The van der Waals surface area contributed by atoms with E-state index in [0.717, 1.165) is 25.7 Å². The van der Waals surface area contributed by atoms with Gasteiger partial charge in [0.2, 0.25) is 11.0 Å². The van der Waals surface area contributed by atoms with E-state index in [9.17, 15) is 4.79 Å². The van der Waals surface area contributed by atoms with Crippen molar-refractivity contribution < 1.29 is 4.79 Å². The zero-order valence-corrected chi connectivity index (χ0v) is 11.3. The minimum Gasteiger partial charge on any atom is -0.325 e. The lowest BCUT2D eigenvalue weighted by Gasteiger charge is -2.36. The van der Waals surface area contributed by atoms with Crippen molar-refractivity contribution in [2.24, 2.45) is 11.7 Å². The summed E-state index contributed by atoms with van der Waals surface area (Å²) in [4.78, 5) is 12.0. The van der Waals surface area contributed by atoms with Gasteiger partial charge < -0.3 is 11.1 Å². The number of hydrogen-bond acceptors (Lipinski definition) is 5. The van der Waals surface area contributed by atoms with Crippen molar-refractivity contribution in [1.29, 1.82) is 0 Å². The van der Waals surface area contributed by atoms with Crippen LogP contribution in [0.4, 0.5) is 5.13 Å². The highest BCUT2D eigenvalue weighted by Crippen LogP contribution is 2.32. The summed E-state index contributed by atoms with van der Waals surface area (Å²) in [6.07, 6.45) is 3.94. The van der Waals surface area contributed by atoms with Crippen LogP contribution in [0.3, 0.4) is 0 Å². The fourth-order valence-electron chi connectivity index (χ4n) is 2.21. The van der Waals surface area contributed by atoms with E-state index in [-0.39, 0.29) is 24.2 Å². The van der Waals surface area contributed by atoms with Crippen molar-refractivity contribution in [2.75, 3.05) is 5.32 Å². The Morgan fingerprint density at radius 2 is 2.41 bits per heavy atom. The second-order valence-corrected chi connectivity index (χ2v) is 5.37. The van der Waals surface area contributed by atoms with E-state index in [4.69, 9.17) is 5.73 Å². The van der Waals surface area contributed by atoms with Crippen LogP contribution < -0.4 is 11.1 Å². The maximum atomic E-state index is 12.0. The zero-order valence-electron chi connectivity index (χ0n) is 9.68. The molecule has 1 amide bonds. The summed E-state index contributed by atoms with van der Waals surface area (Å²) >= 11 is 1.32. The van der Waals surface area contributed by atoms with Gasteiger partial charge in [0.1, 0.15) is 5.51 Å². The topological polar surface area (TPSA) is 80.9 Å². The highest BCUT2D eigenvalue weighted by Gasteiger charge is 2.37. The SMILES string of the molecule is CC1(N)CCCCC1C(=O)Nc1nncs1.Cl. The molecule has 2 atom stereocenters. The highest BCUT2D eigenvalue weighted by atomic mass is 35.5. The van der Waals surface area contributed by atoms with Crippen LogP contribution in [-0.4, -0.2) is 21.6 Å². The molecule has 1 aromatic rings. The summed E-state index contributed by atoms with van der Waals surface area (Å²) in [6.45, 7) is 1.95. The van der Waals surface area contributed by atoms with Gasteiger partial charge in [0.25, 0.3) is 0 Å². The molecule has 3 N–H and O–H groups in total. The van der Waals surface area contributed by atoms with E-state index >= 15 is 0 Å². The summed E-state index contributed by atoms with van der Waals surface area (Å²) in [5.41, 5.74) is 7.36. The number of rotatable bonds is 2. The third-order valence-electron chi connectivity index (χ3n) is 3.16. The molecule has 2 unspecified atom stereocenters. The van der Waals surface area contributed by atoms with Gasteiger partial charge in [0, 0.05) is 5.54 Å². The first-order valence-electron chi connectivity index (χ1n) is 5.45. The normalized spacial score (nSPS) is 28.2. The van der Waals surface area contributed by atoms with Crippen LogP contribution in [0.5, 0.6) is 0 Å². The lowest BCUT2D eigenvalue weighted by Crippen LogP contribution is -2.51. The van der Waals surface area contributed by atoms with Gasteiger partial charge >= 0.3 is 0 Å². The van der Waals surface area contributed by atoms with Gasteiger partial charge in [-0.05, 0) is 19.8 Å². The van der Waals surface area contributed by atoms with Crippen molar-refractivity contribution in [2.45, 2.75) is 38.1 Å². The standard InChI is InChI=1S/C10H16N4OS.ClH/c1-10(11)5-3-2-4-7(10)8(15)13-9-14-12-6-16-9;/h6-7H,2-5,11H2,1H3,(H,13,14,15);1H. The van der Waals surface area contributed by atoms with Crippen LogP contribution in [0.15, 0.2) is 5.51 Å². The lowest BCUT2D eigenvalue weighted by atomic mass is 9.74. The maximum absolute atomic E-state index is 12.0. The van der Waals surface area contributed by atoms with Gasteiger partial charge in [-0.2, -0.15) is 0 Å². The van der Waals surface area contributed by atoms with Crippen LogP contribution in [0.25, 0.3) is 0 Å². The number of anilines is 1. The number of nitrogens with zero attached hydrogens (tertiary/aromatic N) is 2. The van der Waals surface area contributed by atoms with E-state index in [1.807, 2.05) is 6.92 Å². The molecular formula is C10H17ClN4OS. The maximum Gasteiger partial charge on any atom is 0.231 e. The molecule has 1 saturated carbocycles. The molecule has 17 heavy (non-hydrogen) atoms. The number of nitrogens with two attached hydrogens (primary N) is 1. The fraction of sp³-hybridized carbons (Fsp3) is 0.700. The Hall–Kier alpha value is -0.720. The quantitative estimate of drug-likeness (QED) is 0.863. The van der Waals surface area contributed by atoms with Crippen LogP contribution >= 0.6 is 23.7 Å². The number of aromatic nitrogens is 2. The molecule has 96 valence electrons. The van der Waals surface area contributed by atoms with Crippen LogP contribution in [-0.2, 0) is 4.79 Å². The minimum atomic E-state index is -0.396. The zero-order chi connectivity index (χ0) is 11.6. The van der Waals surface area contributed by atoms with Crippen molar-refractivity contribution in [3.63, 3.8) is 0 Å². The number of nitrogens with one attached hydrogen (secondary N) is 1. The summed E-state index contributed by atoms with van der Waals surface area (Å²) in [5, 5.41) is 10.8. The Balaban J connectivity index is 0.00000144. The first kappa shape index (κ1) is 14.3. The van der Waals surface area contributed by atoms with Crippen molar-refractivity contribution in [3.05, 3.63) is 5.51 Å². The van der Waals surface area contributed by atoms with E-state index in [1.54, 1.807) is 5.51 Å². The molecule has 1 aromatic heterocycles. The Kier molecular flexibility index (Phi) is 4.85. The number of carbonyl (C=O) groups is 1. The molecule has 0 saturated heterocycles. The van der Waals surface area contributed by atoms with E-state index in [2.05, 4.69) is 15.5 Å². The lowest BCUT2D eigenvalue weighted by molar-refractivity contribution is -0.122. The third kappa shape index (κ3) is 3.37. The van der Waals surface area contributed by atoms with Crippen LogP contribution in [0, 0.1) is 5.92 Å². The third-order valence-corrected chi connectivity index (χ3v) is 3.77. The van der Waals surface area contributed by atoms with Crippen LogP contribution in [0.2, 0.25) is 0 Å². The first-order chi connectivity index (χ1) is 7.59. The highest BCUT2D eigenvalue weighted by molar-refractivity contribution is 7.13. The molecule has 2 rings (SSSR count). The molecule has 0 aliphatic heterocycles. The number of carbonyl (C=O) groups excluding carboxylic acids is 1. The van der Waals surface area contributed by atoms with Crippen molar-refractivity contribution in [1.82, 2.24) is 10.2 Å². The molecule has 1 heterocycles. The Morgan fingerprint density at radius 3 is 3.00 bits per heavy atom. The van der Waals surface area contributed by atoms with E-state index in [0.29, 0.717) is 5.13 Å². The monoisotopic (exact) mass is 276 g/mol. The van der Waals surface area contributed by atoms with Gasteiger partial charge in [-0.15, -0.1) is 22.6 Å². The molecule has 5 nitrogen and oxygen atoms in total. The fourth-order valence-corrected chi connectivity index (χ4v) is 2.66. The molecule has 1 fully saturated rings. The second kappa shape index (κ2) is 5.75. The predicted molar refractivity (Wildman–Crippen MR) is 70.3 cm³/mol. The Bertz CT molecular complexity index is 368. The van der Waals surface area contributed by atoms with Gasteiger partial charge in [-0.3, -0.25) is 4.79 Å². The first-order valence-corrected chi connectivity index (χ1v) is 6.33. The van der Waals surface area contributed by atoms with Crippen molar-refractivity contribution >= 4 is 34.8 Å². The smallest absolute Gasteiger partial charge is 0.231 e. The largest absolute Gasteiger partial charge is 0.325 e. The van der Waals surface area contributed by atoms with Gasteiger partial charge in [-0.25, -0.2) is 0 Å². The van der Waals surface area contributed by atoms with Crippen LogP contribution in [0.1, 0.15) is 32.6 Å². The van der Waals surface area contributed by atoms with E-state index in [1.165, 1.54) is 11.3 Å². The average Bonchev–Trinajstić information content (AvgIpc) is 2.69. The number of amides is 1. The van der Waals surface area contributed by atoms with Crippen molar-refractivity contribution in [3.8, 4) is 0 Å². The molecule has 0 bridgehead atoms.